The second kappa shape index (κ2) is 6.42. The van der Waals surface area contributed by atoms with Crippen LogP contribution in [0.5, 0.6) is 0 Å². The van der Waals surface area contributed by atoms with Crippen molar-refractivity contribution in [3.63, 3.8) is 0 Å². The molecule has 1 aliphatic rings. The molecule has 2 heteroatoms. The van der Waals surface area contributed by atoms with Crippen molar-refractivity contribution in [1.82, 2.24) is 5.32 Å². The SMILES string of the molecule is CCC1CCC(NCc2ccccc2Cl)CC1. The van der Waals surface area contributed by atoms with Gasteiger partial charge in [0.05, 0.1) is 0 Å². The van der Waals surface area contributed by atoms with E-state index in [1.807, 2.05) is 12.1 Å². The zero-order valence-electron chi connectivity index (χ0n) is 10.6. The molecule has 1 N–H and O–H groups in total. The highest BCUT2D eigenvalue weighted by Gasteiger charge is 2.19. The minimum atomic E-state index is 0.689. The summed E-state index contributed by atoms with van der Waals surface area (Å²) in [6.45, 7) is 3.21. The first-order chi connectivity index (χ1) is 8.29. The van der Waals surface area contributed by atoms with Crippen molar-refractivity contribution in [2.45, 2.75) is 51.6 Å². The summed E-state index contributed by atoms with van der Waals surface area (Å²) in [7, 11) is 0. The predicted octanol–water partition coefficient (Wildman–Crippen LogP) is 4.40. The third-order valence-corrected chi connectivity index (χ3v) is 4.33. The molecular weight excluding hydrogens is 230 g/mol. The number of rotatable bonds is 4. The largest absolute Gasteiger partial charge is 0.310 e. The summed E-state index contributed by atoms with van der Waals surface area (Å²) in [5, 5.41) is 4.52. The fourth-order valence-electron chi connectivity index (χ4n) is 2.67. The van der Waals surface area contributed by atoms with Gasteiger partial charge in [-0.3, -0.25) is 0 Å². The molecule has 0 unspecified atom stereocenters. The van der Waals surface area contributed by atoms with Crippen LogP contribution in [0.3, 0.4) is 0 Å². The van der Waals surface area contributed by atoms with E-state index < -0.39 is 0 Å². The molecular formula is C15H22ClN. The van der Waals surface area contributed by atoms with E-state index in [1.165, 1.54) is 37.7 Å². The van der Waals surface area contributed by atoms with Gasteiger partial charge >= 0.3 is 0 Å². The van der Waals surface area contributed by atoms with Gasteiger partial charge in [0.25, 0.3) is 0 Å². The van der Waals surface area contributed by atoms with Gasteiger partial charge in [0.2, 0.25) is 0 Å². The van der Waals surface area contributed by atoms with Crippen LogP contribution in [-0.4, -0.2) is 6.04 Å². The Morgan fingerprint density at radius 1 is 1.18 bits per heavy atom. The zero-order chi connectivity index (χ0) is 12.1. The van der Waals surface area contributed by atoms with E-state index in [0.29, 0.717) is 6.04 Å². The van der Waals surface area contributed by atoms with Crippen LogP contribution in [0.15, 0.2) is 24.3 Å². The molecule has 0 saturated heterocycles. The Kier molecular flexibility index (Phi) is 4.87. The Balaban J connectivity index is 1.78. The third kappa shape index (κ3) is 3.72. The number of benzene rings is 1. The summed E-state index contributed by atoms with van der Waals surface area (Å²) in [5.74, 6) is 0.966. The highest BCUT2D eigenvalue weighted by atomic mass is 35.5. The summed E-state index contributed by atoms with van der Waals surface area (Å²) in [5.41, 5.74) is 1.21. The number of hydrogen-bond donors (Lipinski definition) is 1. The van der Waals surface area contributed by atoms with Crippen molar-refractivity contribution in [2.75, 3.05) is 0 Å². The summed E-state index contributed by atoms with van der Waals surface area (Å²) < 4.78 is 0. The van der Waals surface area contributed by atoms with Crippen molar-refractivity contribution in [3.8, 4) is 0 Å². The van der Waals surface area contributed by atoms with Crippen molar-refractivity contribution in [3.05, 3.63) is 34.9 Å². The zero-order valence-corrected chi connectivity index (χ0v) is 11.3. The first kappa shape index (κ1) is 12.9. The Hall–Kier alpha value is -0.530. The van der Waals surface area contributed by atoms with Gasteiger partial charge < -0.3 is 5.32 Å². The highest BCUT2D eigenvalue weighted by Crippen LogP contribution is 2.26. The highest BCUT2D eigenvalue weighted by molar-refractivity contribution is 6.31. The van der Waals surface area contributed by atoms with Gasteiger partial charge in [0.15, 0.2) is 0 Å². The lowest BCUT2D eigenvalue weighted by Crippen LogP contribution is -2.32. The molecule has 2 rings (SSSR count). The third-order valence-electron chi connectivity index (χ3n) is 3.96. The molecule has 0 spiro atoms. The monoisotopic (exact) mass is 251 g/mol. The molecule has 1 aromatic carbocycles. The smallest absolute Gasteiger partial charge is 0.0450 e. The molecule has 1 aliphatic carbocycles. The molecule has 1 saturated carbocycles. The quantitative estimate of drug-likeness (QED) is 0.837. The van der Waals surface area contributed by atoms with Crippen LogP contribution in [0.4, 0.5) is 0 Å². The van der Waals surface area contributed by atoms with Crippen molar-refractivity contribution in [1.29, 1.82) is 0 Å². The molecule has 0 aromatic heterocycles. The second-order valence-electron chi connectivity index (χ2n) is 5.10. The Bertz CT molecular complexity index is 343. The normalized spacial score (nSPS) is 24.8. The van der Waals surface area contributed by atoms with Gasteiger partial charge in [0, 0.05) is 17.6 Å². The predicted molar refractivity (Wildman–Crippen MR) is 74.3 cm³/mol. The van der Waals surface area contributed by atoms with E-state index >= 15 is 0 Å². The van der Waals surface area contributed by atoms with Gasteiger partial charge in [-0.1, -0.05) is 43.1 Å². The van der Waals surface area contributed by atoms with Crippen LogP contribution in [0, 0.1) is 5.92 Å². The Morgan fingerprint density at radius 3 is 2.53 bits per heavy atom. The molecule has 0 radical (unpaired) electrons. The topological polar surface area (TPSA) is 12.0 Å². The summed E-state index contributed by atoms with van der Waals surface area (Å²) >= 11 is 6.15. The molecule has 0 bridgehead atoms. The number of nitrogens with one attached hydrogen (secondary N) is 1. The van der Waals surface area contributed by atoms with Gasteiger partial charge in [-0.15, -0.1) is 0 Å². The maximum atomic E-state index is 6.15. The molecule has 0 amide bonds. The minimum absolute atomic E-state index is 0.689. The molecule has 94 valence electrons. The van der Waals surface area contributed by atoms with Crippen molar-refractivity contribution in [2.24, 2.45) is 5.92 Å². The van der Waals surface area contributed by atoms with E-state index in [4.69, 9.17) is 11.6 Å². The summed E-state index contributed by atoms with van der Waals surface area (Å²) in [4.78, 5) is 0. The summed E-state index contributed by atoms with van der Waals surface area (Å²) in [6, 6.07) is 8.79. The van der Waals surface area contributed by atoms with Crippen molar-refractivity contribution < 1.29 is 0 Å². The van der Waals surface area contributed by atoms with Crippen LogP contribution >= 0.6 is 11.6 Å². The van der Waals surface area contributed by atoms with Crippen LogP contribution in [0.1, 0.15) is 44.6 Å². The molecule has 17 heavy (non-hydrogen) atoms. The molecule has 1 aromatic rings. The fourth-order valence-corrected chi connectivity index (χ4v) is 2.87. The summed E-state index contributed by atoms with van der Waals surface area (Å²) in [6.07, 6.45) is 6.76. The molecule has 1 fully saturated rings. The second-order valence-corrected chi connectivity index (χ2v) is 5.51. The molecule has 0 aliphatic heterocycles. The maximum absolute atomic E-state index is 6.15. The van der Waals surface area contributed by atoms with E-state index in [2.05, 4.69) is 24.4 Å². The Morgan fingerprint density at radius 2 is 1.88 bits per heavy atom. The maximum Gasteiger partial charge on any atom is 0.0450 e. The number of hydrogen-bond acceptors (Lipinski definition) is 1. The van der Waals surface area contributed by atoms with E-state index in [1.54, 1.807) is 0 Å². The lowest BCUT2D eigenvalue weighted by Gasteiger charge is -2.28. The van der Waals surface area contributed by atoms with E-state index in [0.717, 1.165) is 17.5 Å². The molecule has 0 atom stereocenters. The molecule has 0 heterocycles. The standard InChI is InChI=1S/C15H22ClN/c1-2-12-7-9-14(10-8-12)17-11-13-5-3-4-6-15(13)16/h3-6,12,14,17H,2,7-11H2,1H3. The van der Waals surface area contributed by atoms with E-state index in [9.17, 15) is 0 Å². The van der Waals surface area contributed by atoms with Crippen LogP contribution < -0.4 is 5.32 Å². The van der Waals surface area contributed by atoms with Crippen LogP contribution in [0.2, 0.25) is 5.02 Å². The van der Waals surface area contributed by atoms with Gasteiger partial charge in [-0.2, -0.15) is 0 Å². The van der Waals surface area contributed by atoms with Gasteiger partial charge in [-0.25, -0.2) is 0 Å². The average molecular weight is 252 g/mol. The first-order valence-corrected chi connectivity index (χ1v) is 7.14. The van der Waals surface area contributed by atoms with Gasteiger partial charge in [-0.05, 0) is 43.2 Å². The van der Waals surface area contributed by atoms with E-state index in [-0.39, 0.29) is 0 Å². The van der Waals surface area contributed by atoms with Crippen LogP contribution in [0.25, 0.3) is 0 Å². The lowest BCUT2D eigenvalue weighted by atomic mass is 9.84. The fraction of sp³-hybridized carbons (Fsp3) is 0.600. The van der Waals surface area contributed by atoms with Gasteiger partial charge in [0.1, 0.15) is 0 Å². The van der Waals surface area contributed by atoms with Crippen LogP contribution in [-0.2, 0) is 6.54 Å². The van der Waals surface area contributed by atoms with Crippen molar-refractivity contribution >= 4 is 11.6 Å². The first-order valence-electron chi connectivity index (χ1n) is 6.76. The minimum Gasteiger partial charge on any atom is -0.310 e. The number of halogens is 1. The lowest BCUT2D eigenvalue weighted by molar-refractivity contribution is 0.285. The average Bonchev–Trinajstić information content (AvgIpc) is 2.38. The molecule has 1 nitrogen and oxygen atoms in total. The Labute approximate surface area is 110 Å².